The summed E-state index contributed by atoms with van der Waals surface area (Å²) in [6.07, 6.45) is 8.60. The minimum atomic E-state index is -0.00419. The Morgan fingerprint density at radius 3 is 3.00 bits per heavy atom. The Balaban J connectivity index is 1.43. The molecular weight excluding hydrogens is 290 g/mol. The van der Waals surface area contributed by atoms with E-state index in [-0.39, 0.29) is 12.5 Å². The number of rotatable bonds is 6. The van der Waals surface area contributed by atoms with Gasteiger partial charge in [0.15, 0.2) is 0 Å². The van der Waals surface area contributed by atoms with Gasteiger partial charge in [-0.05, 0) is 49.6 Å². The van der Waals surface area contributed by atoms with Crippen LogP contribution in [0.4, 0.5) is 0 Å². The quantitative estimate of drug-likeness (QED) is 0.838. The van der Waals surface area contributed by atoms with E-state index in [4.69, 9.17) is 0 Å². The Labute approximate surface area is 136 Å². The molecule has 1 aliphatic rings. The fraction of sp³-hybridized carbons (Fsp3) is 0.471. The molecule has 0 radical (unpaired) electrons. The Hall–Kier alpha value is -2.21. The monoisotopic (exact) mass is 313 g/mol. The number of hydrogen-bond donors (Lipinski definition) is 2. The van der Waals surface area contributed by atoms with Gasteiger partial charge >= 0.3 is 0 Å². The van der Waals surface area contributed by atoms with Crippen LogP contribution in [-0.2, 0) is 17.8 Å². The molecule has 1 atom stereocenters. The van der Waals surface area contributed by atoms with E-state index >= 15 is 0 Å². The Bertz CT molecular complexity index is 619. The highest BCUT2D eigenvalue weighted by atomic mass is 16.2. The molecule has 3 heterocycles. The largest absolute Gasteiger partial charge is 0.354 e. The van der Waals surface area contributed by atoms with Crippen LogP contribution in [0.1, 0.15) is 30.0 Å². The molecular formula is C17H23N5O. The molecule has 1 saturated heterocycles. The van der Waals surface area contributed by atoms with Crippen LogP contribution >= 0.6 is 0 Å². The molecule has 0 unspecified atom stereocenters. The number of nitrogens with zero attached hydrogens (tertiary/aromatic N) is 3. The molecule has 122 valence electrons. The average Bonchev–Trinajstić information content (AvgIpc) is 3.05. The van der Waals surface area contributed by atoms with Crippen LogP contribution in [0, 0.1) is 0 Å². The smallest absolute Gasteiger partial charge is 0.241 e. The van der Waals surface area contributed by atoms with E-state index in [2.05, 4.69) is 20.7 Å². The Morgan fingerprint density at radius 1 is 1.35 bits per heavy atom. The van der Waals surface area contributed by atoms with Crippen molar-refractivity contribution < 1.29 is 4.79 Å². The summed E-state index contributed by atoms with van der Waals surface area (Å²) in [6.45, 7) is 2.98. The van der Waals surface area contributed by atoms with E-state index in [0.29, 0.717) is 12.5 Å². The highest BCUT2D eigenvalue weighted by Crippen LogP contribution is 2.21. The first kappa shape index (κ1) is 15.7. The van der Waals surface area contributed by atoms with Gasteiger partial charge < -0.3 is 10.6 Å². The van der Waals surface area contributed by atoms with Crippen LogP contribution in [0.5, 0.6) is 0 Å². The number of carbonyl (C=O) groups excluding carboxylic acids is 1. The zero-order chi connectivity index (χ0) is 15.9. The number of amides is 1. The third kappa shape index (κ3) is 4.63. The summed E-state index contributed by atoms with van der Waals surface area (Å²) in [7, 11) is 0. The summed E-state index contributed by atoms with van der Waals surface area (Å²) >= 11 is 0. The topological polar surface area (TPSA) is 71.8 Å². The molecule has 1 fully saturated rings. The molecule has 23 heavy (non-hydrogen) atoms. The second kappa shape index (κ2) is 7.87. The molecule has 0 aliphatic carbocycles. The molecule has 0 aromatic carbocycles. The molecule has 1 aliphatic heterocycles. The number of hydrogen-bond acceptors (Lipinski definition) is 4. The molecule has 2 aromatic rings. The standard InChI is InChI=1S/C17H23N5O/c23-17(20-10-5-14-3-8-18-9-4-14)13-22-11-6-16(21-22)15-2-1-7-19-12-15/h3-4,6,8-9,11,15,19H,1-2,5,7,10,12-13H2,(H,20,23)/t15-/m1/s1. The zero-order valence-corrected chi connectivity index (χ0v) is 13.2. The van der Waals surface area contributed by atoms with Crippen molar-refractivity contribution in [3.63, 3.8) is 0 Å². The van der Waals surface area contributed by atoms with Crippen molar-refractivity contribution in [2.75, 3.05) is 19.6 Å². The second-order valence-electron chi connectivity index (χ2n) is 5.94. The average molecular weight is 313 g/mol. The summed E-state index contributed by atoms with van der Waals surface area (Å²) < 4.78 is 1.73. The van der Waals surface area contributed by atoms with Crippen molar-refractivity contribution in [3.05, 3.63) is 48.0 Å². The van der Waals surface area contributed by atoms with Gasteiger partial charge in [-0.1, -0.05) is 0 Å². The van der Waals surface area contributed by atoms with E-state index in [1.165, 1.54) is 18.4 Å². The lowest BCUT2D eigenvalue weighted by Gasteiger charge is -2.20. The fourth-order valence-corrected chi connectivity index (χ4v) is 2.89. The predicted molar refractivity (Wildman–Crippen MR) is 88.0 cm³/mol. The van der Waals surface area contributed by atoms with Gasteiger partial charge in [-0.25, -0.2) is 0 Å². The van der Waals surface area contributed by atoms with Crippen molar-refractivity contribution in [3.8, 4) is 0 Å². The van der Waals surface area contributed by atoms with E-state index < -0.39 is 0 Å². The van der Waals surface area contributed by atoms with Crippen molar-refractivity contribution in [2.45, 2.75) is 31.7 Å². The Kier molecular flexibility index (Phi) is 5.37. The van der Waals surface area contributed by atoms with Crippen LogP contribution in [0.25, 0.3) is 0 Å². The molecule has 2 N–H and O–H groups in total. The first-order chi connectivity index (χ1) is 11.3. The normalized spacial score (nSPS) is 17.8. The third-order valence-electron chi connectivity index (χ3n) is 4.17. The molecule has 1 amide bonds. The van der Waals surface area contributed by atoms with Crippen molar-refractivity contribution >= 4 is 5.91 Å². The van der Waals surface area contributed by atoms with Crippen LogP contribution < -0.4 is 10.6 Å². The number of pyridine rings is 1. The summed E-state index contributed by atoms with van der Waals surface area (Å²) in [5.74, 6) is 0.468. The van der Waals surface area contributed by atoms with E-state index in [9.17, 15) is 4.79 Å². The van der Waals surface area contributed by atoms with Crippen LogP contribution in [0.15, 0.2) is 36.8 Å². The third-order valence-corrected chi connectivity index (χ3v) is 4.17. The van der Waals surface area contributed by atoms with Crippen molar-refractivity contribution in [1.29, 1.82) is 0 Å². The van der Waals surface area contributed by atoms with Gasteiger partial charge in [0.05, 0.1) is 5.69 Å². The van der Waals surface area contributed by atoms with Crippen molar-refractivity contribution in [2.24, 2.45) is 0 Å². The van der Waals surface area contributed by atoms with Gasteiger partial charge in [-0.15, -0.1) is 0 Å². The maximum absolute atomic E-state index is 12.0. The number of carbonyl (C=O) groups is 1. The van der Waals surface area contributed by atoms with Crippen molar-refractivity contribution in [1.82, 2.24) is 25.4 Å². The lowest BCUT2D eigenvalue weighted by Crippen LogP contribution is -2.30. The molecule has 2 aromatic heterocycles. The van der Waals surface area contributed by atoms with Crippen LogP contribution in [-0.4, -0.2) is 40.3 Å². The van der Waals surface area contributed by atoms with Gasteiger partial charge in [0.2, 0.25) is 5.91 Å². The highest BCUT2D eigenvalue weighted by molar-refractivity contribution is 5.75. The molecule has 0 bridgehead atoms. The Morgan fingerprint density at radius 2 is 2.22 bits per heavy atom. The van der Waals surface area contributed by atoms with Gasteiger partial charge in [-0.2, -0.15) is 5.10 Å². The summed E-state index contributed by atoms with van der Waals surface area (Å²) in [5, 5.41) is 10.9. The number of piperidine rings is 1. The molecule has 6 nitrogen and oxygen atoms in total. The van der Waals surface area contributed by atoms with Gasteiger partial charge in [-0.3, -0.25) is 14.5 Å². The van der Waals surface area contributed by atoms with E-state index in [1.54, 1.807) is 17.1 Å². The highest BCUT2D eigenvalue weighted by Gasteiger charge is 2.17. The number of aromatic nitrogens is 3. The maximum Gasteiger partial charge on any atom is 0.241 e. The molecule has 3 rings (SSSR count). The SMILES string of the molecule is O=C(Cn1ccc([C@@H]2CCCNC2)n1)NCCc1ccncc1. The molecule has 0 saturated carbocycles. The number of nitrogens with one attached hydrogen (secondary N) is 2. The summed E-state index contributed by atoms with van der Waals surface area (Å²) in [5.41, 5.74) is 2.26. The predicted octanol–water partition coefficient (Wildman–Crippen LogP) is 1.10. The zero-order valence-electron chi connectivity index (χ0n) is 13.2. The summed E-state index contributed by atoms with van der Waals surface area (Å²) in [4.78, 5) is 16.0. The van der Waals surface area contributed by atoms with Gasteiger partial charge in [0.25, 0.3) is 0 Å². The second-order valence-corrected chi connectivity index (χ2v) is 5.94. The van der Waals surface area contributed by atoms with Gasteiger partial charge in [0, 0.05) is 37.6 Å². The molecule has 6 heteroatoms. The minimum Gasteiger partial charge on any atom is -0.354 e. The fourth-order valence-electron chi connectivity index (χ4n) is 2.89. The van der Waals surface area contributed by atoms with Crippen LogP contribution in [0.3, 0.4) is 0 Å². The first-order valence-electron chi connectivity index (χ1n) is 8.21. The summed E-state index contributed by atoms with van der Waals surface area (Å²) in [6, 6.07) is 5.95. The first-order valence-corrected chi connectivity index (χ1v) is 8.21. The van der Waals surface area contributed by atoms with E-state index in [0.717, 1.165) is 25.2 Å². The van der Waals surface area contributed by atoms with Gasteiger partial charge in [0.1, 0.15) is 6.54 Å². The molecule has 0 spiro atoms. The van der Waals surface area contributed by atoms with Crippen LogP contribution in [0.2, 0.25) is 0 Å². The lowest BCUT2D eigenvalue weighted by molar-refractivity contribution is -0.121. The lowest BCUT2D eigenvalue weighted by atomic mass is 9.97. The maximum atomic E-state index is 12.0. The van der Waals surface area contributed by atoms with E-state index in [1.807, 2.05) is 24.4 Å². The minimum absolute atomic E-state index is 0.00419.